The lowest BCUT2D eigenvalue weighted by atomic mass is 10.0. The molecule has 0 radical (unpaired) electrons. The molecule has 0 amide bonds. The molecule has 3 rings (SSSR count). The molecule has 0 saturated heterocycles. The van der Waals surface area contributed by atoms with Crippen LogP contribution in [0.2, 0.25) is 0 Å². The summed E-state index contributed by atoms with van der Waals surface area (Å²) in [6.45, 7) is 1.84. The van der Waals surface area contributed by atoms with Crippen LogP contribution in [0.5, 0.6) is 5.75 Å². The van der Waals surface area contributed by atoms with Gasteiger partial charge in [0, 0.05) is 0 Å². The molecular weight excluding hydrogens is 360 g/mol. The van der Waals surface area contributed by atoms with Crippen molar-refractivity contribution in [3.63, 3.8) is 0 Å². The maximum Gasteiger partial charge on any atom is 0.261 e. The standard InChI is InChI=1S/C21H18N2O3S/c1-15-3-6-18(17-7-4-16(14-22)5-8-17)13-21(15)23-27(24,25)20-11-9-19(26-2)10-12-20/h3-13,23H,1-2H3. The summed E-state index contributed by atoms with van der Waals surface area (Å²) in [7, 11) is -2.19. The number of anilines is 1. The summed E-state index contributed by atoms with van der Waals surface area (Å²) in [4.78, 5) is 0.159. The second kappa shape index (κ2) is 7.52. The third kappa shape index (κ3) is 4.10. The van der Waals surface area contributed by atoms with E-state index >= 15 is 0 Å². The Morgan fingerprint density at radius 3 is 2.15 bits per heavy atom. The van der Waals surface area contributed by atoms with E-state index in [9.17, 15) is 8.42 Å². The number of benzene rings is 3. The zero-order valence-corrected chi connectivity index (χ0v) is 15.7. The molecule has 136 valence electrons. The van der Waals surface area contributed by atoms with Crippen LogP contribution in [0.15, 0.2) is 71.6 Å². The molecule has 3 aromatic rings. The van der Waals surface area contributed by atoms with Gasteiger partial charge in [-0.1, -0.05) is 24.3 Å². The van der Waals surface area contributed by atoms with Gasteiger partial charge in [-0.3, -0.25) is 4.72 Å². The average molecular weight is 378 g/mol. The van der Waals surface area contributed by atoms with Gasteiger partial charge >= 0.3 is 0 Å². The largest absolute Gasteiger partial charge is 0.497 e. The summed E-state index contributed by atoms with van der Waals surface area (Å²) in [6.07, 6.45) is 0. The number of methoxy groups -OCH3 is 1. The van der Waals surface area contributed by atoms with Crippen LogP contribution in [-0.4, -0.2) is 15.5 Å². The quantitative estimate of drug-likeness (QED) is 0.716. The topological polar surface area (TPSA) is 79.2 Å². The van der Waals surface area contributed by atoms with E-state index < -0.39 is 10.0 Å². The van der Waals surface area contributed by atoms with Crippen LogP contribution in [0, 0.1) is 18.3 Å². The Bertz CT molecular complexity index is 1100. The summed E-state index contributed by atoms with van der Waals surface area (Å²) in [6, 6.07) is 21.0. The summed E-state index contributed by atoms with van der Waals surface area (Å²) >= 11 is 0. The number of nitriles is 1. The van der Waals surface area contributed by atoms with E-state index in [4.69, 9.17) is 10.00 Å². The molecule has 0 atom stereocenters. The molecule has 0 aliphatic carbocycles. The van der Waals surface area contributed by atoms with Crippen molar-refractivity contribution in [3.8, 4) is 22.9 Å². The Morgan fingerprint density at radius 1 is 0.926 bits per heavy atom. The fourth-order valence-corrected chi connectivity index (χ4v) is 3.73. The number of nitrogens with one attached hydrogen (secondary N) is 1. The monoisotopic (exact) mass is 378 g/mol. The Balaban J connectivity index is 1.92. The summed E-state index contributed by atoms with van der Waals surface area (Å²) < 4.78 is 33.1. The lowest BCUT2D eigenvalue weighted by Crippen LogP contribution is -2.13. The molecule has 3 aromatic carbocycles. The van der Waals surface area contributed by atoms with E-state index in [-0.39, 0.29) is 4.90 Å². The maximum absolute atomic E-state index is 12.7. The van der Waals surface area contributed by atoms with Gasteiger partial charge in [-0.05, 0) is 66.1 Å². The van der Waals surface area contributed by atoms with Crippen LogP contribution in [-0.2, 0) is 10.0 Å². The zero-order chi connectivity index (χ0) is 19.4. The Labute approximate surface area is 158 Å². The molecule has 0 bridgehead atoms. The van der Waals surface area contributed by atoms with Gasteiger partial charge in [-0.25, -0.2) is 8.42 Å². The van der Waals surface area contributed by atoms with Crippen molar-refractivity contribution in [2.45, 2.75) is 11.8 Å². The highest BCUT2D eigenvalue weighted by molar-refractivity contribution is 7.92. The first-order valence-corrected chi connectivity index (χ1v) is 9.69. The molecule has 6 heteroatoms. The highest BCUT2D eigenvalue weighted by Crippen LogP contribution is 2.28. The van der Waals surface area contributed by atoms with Crippen LogP contribution in [0.1, 0.15) is 11.1 Å². The van der Waals surface area contributed by atoms with Gasteiger partial charge in [0.25, 0.3) is 10.0 Å². The van der Waals surface area contributed by atoms with Crippen LogP contribution in [0.25, 0.3) is 11.1 Å². The van der Waals surface area contributed by atoms with E-state index in [1.807, 2.05) is 31.2 Å². The minimum absolute atomic E-state index is 0.159. The summed E-state index contributed by atoms with van der Waals surface area (Å²) in [5.41, 5.74) is 3.65. The van der Waals surface area contributed by atoms with Crippen LogP contribution in [0.4, 0.5) is 5.69 Å². The molecule has 0 spiro atoms. The first kappa shape index (κ1) is 18.5. The normalized spacial score (nSPS) is 10.9. The van der Waals surface area contributed by atoms with Crippen molar-refractivity contribution >= 4 is 15.7 Å². The third-order valence-electron chi connectivity index (χ3n) is 4.20. The second-order valence-electron chi connectivity index (χ2n) is 6.00. The van der Waals surface area contributed by atoms with Crippen molar-refractivity contribution < 1.29 is 13.2 Å². The minimum Gasteiger partial charge on any atom is -0.497 e. The molecule has 1 N–H and O–H groups in total. The van der Waals surface area contributed by atoms with Gasteiger partial charge in [0.05, 0.1) is 29.3 Å². The van der Waals surface area contributed by atoms with Gasteiger partial charge < -0.3 is 4.74 Å². The predicted octanol–water partition coefficient (Wildman–Crippen LogP) is 4.34. The number of rotatable bonds is 5. The number of hydrogen-bond acceptors (Lipinski definition) is 4. The SMILES string of the molecule is COc1ccc(S(=O)(=O)Nc2cc(-c3ccc(C#N)cc3)ccc2C)cc1. The molecule has 0 heterocycles. The first-order valence-electron chi connectivity index (χ1n) is 8.21. The number of aryl methyl sites for hydroxylation is 1. The van der Waals surface area contributed by atoms with Crippen LogP contribution in [0.3, 0.4) is 0 Å². The lowest BCUT2D eigenvalue weighted by Gasteiger charge is -2.13. The molecule has 0 saturated carbocycles. The zero-order valence-electron chi connectivity index (χ0n) is 14.9. The van der Waals surface area contributed by atoms with Crippen molar-refractivity contribution in [1.82, 2.24) is 0 Å². The Hall–Kier alpha value is -3.30. The predicted molar refractivity (Wildman–Crippen MR) is 105 cm³/mol. The van der Waals surface area contributed by atoms with Crippen molar-refractivity contribution in [2.24, 2.45) is 0 Å². The average Bonchev–Trinajstić information content (AvgIpc) is 2.69. The van der Waals surface area contributed by atoms with E-state index in [0.717, 1.165) is 16.7 Å². The highest BCUT2D eigenvalue weighted by atomic mass is 32.2. The van der Waals surface area contributed by atoms with E-state index in [1.165, 1.54) is 19.2 Å². The number of sulfonamides is 1. The molecule has 0 aromatic heterocycles. The van der Waals surface area contributed by atoms with Crippen molar-refractivity contribution in [2.75, 3.05) is 11.8 Å². The van der Waals surface area contributed by atoms with E-state index in [2.05, 4.69) is 10.8 Å². The van der Waals surface area contributed by atoms with E-state index in [1.54, 1.807) is 30.3 Å². The smallest absolute Gasteiger partial charge is 0.261 e. The van der Waals surface area contributed by atoms with Crippen LogP contribution >= 0.6 is 0 Å². The van der Waals surface area contributed by atoms with Gasteiger partial charge in [0.15, 0.2) is 0 Å². The lowest BCUT2D eigenvalue weighted by molar-refractivity contribution is 0.414. The number of nitrogens with zero attached hydrogens (tertiary/aromatic N) is 1. The van der Waals surface area contributed by atoms with Crippen LogP contribution < -0.4 is 9.46 Å². The Morgan fingerprint density at radius 2 is 1.56 bits per heavy atom. The molecule has 0 aliphatic heterocycles. The van der Waals surface area contributed by atoms with E-state index in [0.29, 0.717) is 17.0 Å². The van der Waals surface area contributed by atoms with Gasteiger partial charge in [-0.2, -0.15) is 5.26 Å². The first-order chi connectivity index (χ1) is 12.9. The molecule has 0 aliphatic rings. The van der Waals surface area contributed by atoms with Gasteiger partial charge in [0.2, 0.25) is 0 Å². The molecule has 27 heavy (non-hydrogen) atoms. The van der Waals surface area contributed by atoms with Gasteiger partial charge in [-0.15, -0.1) is 0 Å². The highest BCUT2D eigenvalue weighted by Gasteiger charge is 2.16. The minimum atomic E-state index is -3.72. The fourth-order valence-electron chi connectivity index (χ4n) is 2.61. The third-order valence-corrected chi connectivity index (χ3v) is 5.58. The Kier molecular flexibility index (Phi) is 5.15. The summed E-state index contributed by atoms with van der Waals surface area (Å²) in [5, 5.41) is 8.91. The molecule has 5 nitrogen and oxygen atoms in total. The maximum atomic E-state index is 12.7. The molecular formula is C21H18N2O3S. The van der Waals surface area contributed by atoms with Crippen molar-refractivity contribution in [3.05, 3.63) is 77.9 Å². The fraction of sp³-hybridized carbons (Fsp3) is 0.0952. The number of hydrogen-bond donors (Lipinski definition) is 1. The van der Waals surface area contributed by atoms with Gasteiger partial charge in [0.1, 0.15) is 5.75 Å². The van der Waals surface area contributed by atoms with Crippen molar-refractivity contribution in [1.29, 1.82) is 5.26 Å². The molecule has 0 unspecified atom stereocenters. The molecule has 0 fully saturated rings. The second-order valence-corrected chi connectivity index (χ2v) is 7.68. The summed E-state index contributed by atoms with van der Waals surface area (Å²) in [5.74, 6) is 0.591. The number of ether oxygens (including phenoxy) is 1.